The molecule has 0 bridgehead atoms. The van der Waals surface area contributed by atoms with Crippen molar-refractivity contribution in [2.24, 2.45) is 5.92 Å². The molecule has 1 aliphatic rings. The summed E-state index contributed by atoms with van der Waals surface area (Å²) in [6, 6.07) is 5.77. The number of carbonyl (C=O) groups is 2. The van der Waals surface area contributed by atoms with E-state index in [1.807, 2.05) is 32.9 Å². The Labute approximate surface area is 132 Å². The Morgan fingerprint density at radius 3 is 2.50 bits per heavy atom. The SMILES string of the molecule is CC(C)C(C)NC(=O)COC(=O)c1ccc2c(c1)CCCC2. The quantitative estimate of drug-likeness (QED) is 0.851. The summed E-state index contributed by atoms with van der Waals surface area (Å²) in [4.78, 5) is 23.8. The van der Waals surface area contributed by atoms with Gasteiger partial charge in [0.2, 0.25) is 0 Å². The number of hydrogen-bond donors (Lipinski definition) is 1. The van der Waals surface area contributed by atoms with Crippen LogP contribution in [0.2, 0.25) is 0 Å². The van der Waals surface area contributed by atoms with E-state index in [9.17, 15) is 9.59 Å². The molecule has 1 amide bonds. The summed E-state index contributed by atoms with van der Waals surface area (Å²) in [6.07, 6.45) is 4.48. The summed E-state index contributed by atoms with van der Waals surface area (Å²) in [5, 5.41) is 2.82. The molecule has 2 rings (SSSR count). The second kappa shape index (κ2) is 7.43. The van der Waals surface area contributed by atoms with Gasteiger partial charge in [-0.05, 0) is 61.8 Å². The monoisotopic (exact) mass is 303 g/mol. The number of benzene rings is 1. The molecule has 0 saturated heterocycles. The maximum Gasteiger partial charge on any atom is 0.338 e. The van der Waals surface area contributed by atoms with Gasteiger partial charge in [-0.15, -0.1) is 0 Å². The average Bonchev–Trinajstić information content (AvgIpc) is 2.52. The minimum atomic E-state index is -0.430. The number of esters is 1. The highest BCUT2D eigenvalue weighted by Gasteiger charge is 2.16. The number of nitrogens with one attached hydrogen (secondary N) is 1. The number of fused-ring (bicyclic) bond motifs is 1. The molecule has 22 heavy (non-hydrogen) atoms. The summed E-state index contributed by atoms with van der Waals surface area (Å²) in [7, 11) is 0. The van der Waals surface area contributed by atoms with Crippen LogP contribution in [0, 0.1) is 5.92 Å². The van der Waals surface area contributed by atoms with Crippen molar-refractivity contribution in [2.45, 2.75) is 52.5 Å². The van der Waals surface area contributed by atoms with Crippen molar-refractivity contribution in [1.82, 2.24) is 5.32 Å². The van der Waals surface area contributed by atoms with E-state index in [4.69, 9.17) is 4.74 Å². The standard InChI is InChI=1S/C18H25NO3/c1-12(2)13(3)19-17(20)11-22-18(21)16-9-8-14-6-4-5-7-15(14)10-16/h8-10,12-13H,4-7,11H2,1-3H3,(H,19,20). The van der Waals surface area contributed by atoms with Gasteiger partial charge in [0.05, 0.1) is 5.56 Å². The van der Waals surface area contributed by atoms with E-state index >= 15 is 0 Å². The lowest BCUT2D eigenvalue weighted by atomic mass is 9.90. The van der Waals surface area contributed by atoms with Gasteiger partial charge in [-0.25, -0.2) is 4.79 Å². The molecule has 1 aliphatic carbocycles. The maximum atomic E-state index is 12.1. The first kappa shape index (κ1) is 16.5. The molecular formula is C18H25NO3. The topological polar surface area (TPSA) is 55.4 Å². The maximum absolute atomic E-state index is 12.1. The van der Waals surface area contributed by atoms with Crippen LogP contribution in [-0.2, 0) is 22.4 Å². The van der Waals surface area contributed by atoms with Gasteiger partial charge in [0.1, 0.15) is 0 Å². The lowest BCUT2D eigenvalue weighted by Crippen LogP contribution is -2.38. The predicted molar refractivity (Wildman–Crippen MR) is 85.8 cm³/mol. The normalized spacial score (nSPS) is 15.1. The van der Waals surface area contributed by atoms with Crippen LogP contribution in [0.4, 0.5) is 0 Å². The van der Waals surface area contributed by atoms with E-state index in [0.29, 0.717) is 11.5 Å². The fourth-order valence-corrected chi connectivity index (χ4v) is 2.54. The summed E-state index contributed by atoms with van der Waals surface area (Å²) < 4.78 is 5.11. The zero-order chi connectivity index (χ0) is 16.1. The van der Waals surface area contributed by atoms with Crippen LogP contribution in [0.3, 0.4) is 0 Å². The zero-order valence-corrected chi connectivity index (χ0v) is 13.6. The Morgan fingerprint density at radius 1 is 1.14 bits per heavy atom. The number of rotatable bonds is 5. The molecule has 4 heteroatoms. The number of amides is 1. The van der Waals surface area contributed by atoms with Crippen LogP contribution >= 0.6 is 0 Å². The highest BCUT2D eigenvalue weighted by molar-refractivity contribution is 5.91. The van der Waals surface area contributed by atoms with Gasteiger partial charge in [0.25, 0.3) is 5.91 Å². The molecule has 0 fully saturated rings. The Bertz CT molecular complexity index is 551. The highest BCUT2D eigenvalue weighted by atomic mass is 16.5. The fraction of sp³-hybridized carbons (Fsp3) is 0.556. The lowest BCUT2D eigenvalue weighted by Gasteiger charge is -2.18. The van der Waals surface area contributed by atoms with Crippen molar-refractivity contribution in [1.29, 1.82) is 0 Å². The van der Waals surface area contributed by atoms with E-state index in [0.717, 1.165) is 12.8 Å². The van der Waals surface area contributed by atoms with Gasteiger partial charge in [-0.3, -0.25) is 4.79 Å². The molecule has 0 heterocycles. The molecule has 1 unspecified atom stereocenters. The second-order valence-electron chi connectivity index (χ2n) is 6.37. The molecule has 1 aromatic carbocycles. The van der Waals surface area contributed by atoms with Crippen molar-refractivity contribution in [3.63, 3.8) is 0 Å². The molecule has 1 atom stereocenters. The molecule has 120 valence electrons. The molecule has 0 saturated carbocycles. The Hall–Kier alpha value is -1.84. The fourth-order valence-electron chi connectivity index (χ4n) is 2.54. The van der Waals surface area contributed by atoms with Crippen LogP contribution in [-0.4, -0.2) is 24.5 Å². The highest BCUT2D eigenvalue weighted by Crippen LogP contribution is 2.22. The average molecular weight is 303 g/mol. The van der Waals surface area contributed by atoms with Gasteiger partial charge >= 0.3 is 5.97 Å². The van der Waals surface area contributed by atoms with Gasteiger partial charge in [-0.1, -0.05) is 19.9 Å². The van der Waals surface area contributed by atoms with Crippen LogP contribution < -0.4 is 5.32 Å². The zero-order valence-electron chi connectivity index (χ0n) is 13.6. The smallest absolute Gasteiger partial charge is 0.338 e. The van der Waals surface area contributed by atoms with E-state index in [-0.39, 0.29) is 18.6 Å². The molecule has 0 aliphatic heterocycles. The van der Waals surface area contributed by atoms with Crippen LogP contribution in [0.5, 0.6) is 0 Å². The third-order valence-electron chi connectivity index (χ3n) is 4.31. The molecular weight excluding hydrogens is 278 g/mol. The van der Waals surface area contributed by atoms with Crippen LogP contribution in [0.15, 0.2) is 18.2 Å². The Morgan fingerprint density at radius 2 is 1.82 bits per heavy atom. The Balaban J connectivity index is 1.88. The third kappa shape index (κ3) is 4.33. The number of aryl methyl sites for hydroxylation is 2. The number of hydrogen-bond acceptors (Lipinski definition) is 3. The predicted octanol–water partition coefficient (Wildman–Crippen LogP) is 2.88. The van der Waals surface area contributed by atoms with Crippen LogP contribution in [0.1, 0.15) is 55.1 Å². The van der Waals surface area contributed by atoms with Gasteiger partial charge in [0, 0.05) is 6.04 Å². The second-order valence-corrected chi connectivity index (χ2v) is 6.37. The molecule has 0 radical (unpaired) electrons. The van der Waals surface area contributed by atoms with Gasteiger partial charge in [0.15, 0.2) is 6.61 Å². The molecule has 0 aromatic heterocycles. The first-order valence-corrected chi connectivity index (χ1v) is 8.05. The molecule has 1 aromatic rings. The molecule has 0 spiro atoms. The molecule has 4 nitrogen and oxygen atoms in total. The van der Waals surface area contributed by atoms with Crippen molar-refractivity contribution in [2.75, 3.05) is 6.61 Å². The van der Waals surface area contributed by atoms with Crippen molar-refractivity contribution >= 4 is 11.9 Å². The minimum Gasteiger partial charge on any atom is -0.452 e. The largest absolute Gasteiger partial charge is 0.452 e. The lowest BCUT2D eigenvalue weighted by molar-refractivity contribution is -0.125. The first-order valence-electron chi connectivity index (χ1n) is 8.05. The Kier molecular flexibility index (Phi) is 5.58. The minimum absolute atomic E-state index is 0.0648. The third-order valence-corrected chi connectivity index (χ3v) is 4.31. The van der Waals surface area contributed by atoms with Crippen LogP contribution in [0.25, 0.3) is 0 Å². The van der Waals surface area contributed by atoms with E-state index in [1.165, 1.54) is 24.0 Å². The summed E-state index contributed by atoms with van der Waals surface area (Å²) in [5.74, 6) is -0.339. The van der Waals surface area contributed by atoms with E-state index < -0.39 is 5.97 Å². The molecule has 1 N–H and O–H groups in total. The summed E-state index contributed by atoms with van der Waals surface area (Å²) in [6.45, 7) is 5.77. The van der Waals surface area contributed by atoms with Crippen molar-refractivity contribution in [3.05, 3.63) is 34.9 Å². The van der Waals surface area contributed by atoms with E-state index in [2.05, 4.69) is 5.32 Å². The van der Waals surface area contributed by atoms with E-state index in [1.54, 1.807) is 6.07 Å². The van der Waals surface area contributed by atoms with Crippen molar-refractivity contribution in [3.8, 4) is 0 Å². The van der Waals surface area contributed by atoms with Crippen molar-refractivity contribution < 1.29 is 14.3 Å². The first-order chi connectivity index (χ1) is 10.5. The van der Waals surface area contributed by atoms with Gasteiger partial charge in [-0.2, -0.15) is 0 Å². The summed E-state index contributed by atoms with van der Waals surface area (Å²) >= 11 is 0. The van der Waals surface area contributed by atoms with Gasteiger partial charge < -0.3 is 10.1 Å². The summed E-state index contributed by atoms with van der Waals surface area (Å²) in [5.41, 5.74) is 3.09. The number of carbonyl (C=O) groups excluding carboxylic acids is 2. The number of ether oxygens (including phenoxy) is 1.